The van der Waals surface area contributed by atoms with Gasteiger partial charge in [-0.15, -0.1) is 0 Å². The largest absolute Gasteiger partial charge is 0.503 e. The van der Waals surface area contributed by atoms with Crippen LogP contribution in [0.25, 0.3) is 0 Å². The number of pyridine rings is 1. The van der Waals surface area contributed by atoms with E-state index < -0.39 is 11.7 Å². The van der Waals surface area contributed by atoms with E-state index in [9.17, 15) is 9.90 Å². The summed E-state index contributed by atoms with van der Waals surface area (Å²) in [5, 5.41) is 13.0. The Hall–Kier alpha value is -2.12. The van der Waals surface area contributed by atoms with Crippen molar-refractivity contribution in [1.82, 2.24) is 10.3 Å². The van der Waals surface area contributed by atoms with Crippen molar-refractivity contribution < 1.29 is 24.1 Å². The number of hydrogen-bond acceptors (Lipinski definition) is 6. The number of nitrogens with zero attached hydrogens (tertiary/aromatic N) is 1. The first-order valence-electron chi connectivity index (χ1n) is 10.7. The summed E-state index contributed by atoms with van der Waals surface area (Å²) in [6.07, 6.45) is 4.99. The zero-order chi connectivity index (χ0) is 21.7. The van der Waals surface area contributed by atoms with Gasteiger partial charge < -0.3 is 24.6 Å². The molecule has 4 rings (SSSR count). The quantitative estimate of drug-likeness (QED) is 0.731. The number of ether oxygens (including phenoxy) is 3. The first kappa shape index (κ1) is 21.1. The van der Waals surface area contributed by atoms with Crippen molar-refractivity contribution in [2.75, 3.05) is 20.3 Å². The average molecular weight is 417 g/mol. The maximum Gasteiger partial charge on any atom is 0.274 e. The third-order valence-electron chi connectivity index (χ3n) is 6.99. The van der Waals surface area contributed by atoms with Gasteiger partial charge in [0.15, 0.2) is 23.0 Å². The molecule has 1 amide bonds. The van der Waals surface area contributed by atoms with Gasteiger partial charge in [0.2, 0.25) is 0 Å². The Balaban J connectivity index is 1.42. The molecule has 1 aromatic rings. The van der Waals surface area contributed by atoms with Gasteiger partial charge in [-0.05, 0) is 31.6 Å². The van der Waals surface area contributed by atoms with Gasteiger partial charge in [-0.3, -0.25) is 4.79 Å². The molecule has 7 nitrogen and oxygen atoms in total. The van der Waals surface area contributed by atoms with Gasteiger partial charge in [0, 0.05) is 24.1 Å². The molecule has 1 saturated heterocycles. The van der Waals surface area contributed by atoms with Gasteiger partial charge >= 0.3 is 0 Å². The molecule has 2 atom stereocenters. The lowest BCUT2D eigenvalue weighted by molar-refractivity contribution is -0.224. The number of aromatic nitrogens is 1. The lowest BCUT2D eigenvalue weighted by Crippen LogP contribution is -2.49. The van der Waals surface area contributed by atoms with Crippen molar-refractivity contribution in [1.29, 1.82) is 0 Å². The molecule has 0 bridgehead atoms. The standard InChI is InChI=1S/C23H32N2O5/c1-13-7-6-9-22(3,4)17(13)18-14(2)23(18)29-11-15(12-30-23)25-21(27)19-20(26)16(28-5)8-10-24-19/h8,10,14-15,18,26H,6-7,9,11-12H2,1-5H3,(H,25,27). The van der Waals surface area contributed by atoms with Crippen molar-refractivity contribution in [3.63, 3.8) is 0 Å². The van der Waals surface area contributed by atoms with Crippen LogP contribution in [0.15, 0.2) is 23.4 Å². The van der Waals surface area contributed by atoms with Crippen LogP contribution in [-0.4, -0.2) is 48.2 Å². The highest BCUT2D eigenvalue weighted by molar-refractivity contribution is 5.95. The number of amides is 1. The van der Waals surface area contributed by atoms with Crippen LogP contribution in [0.4, 0.5) is 0 Å². The predicted molar refractivity (Wildman–Crippen MR) is 111 cm³/mol. The first-order chi connectivity index (χ1) is 14.2. The van der Waals surface area contributed by atoms with Crippen molar-refractivity contribution in [2.24, 2.45) is 17.3 Å². The normalized spacial score (nSPS) is 32.8. The van der Waals surface area contributed by atoms with Crippen LogP contribution in [0.5, 0.6) is 11.5 Å². The minimum absolute atomic E-state index is 0.0722. The molecule has 0 radical (unpaired) electrons. The Labute approximate surface area is 177 Å². The van der Waals surface area contributed by atoms with Gasteiger partial charge in [0.05, 0.1) is 26.4 Å². The van der Waals surface area contributed by atoms with E-state index in [1.54, 1.807) is 0 Å². The van der Waals surface area contributed by atoms with E-state index in [4.69, 9.17) is 14.2 Å². The summed E-state index contributed by atoms with van der Waals surface area (Å²) in [5.41, 5.74) is 3.06. The fraction of sp³-hybridized carbons (Fsp3) is 0.652. The molecule has 1 spiro atoms. The molecule has 7 heteroatoms. The van der Waals surface area contributed by atoms with E-state index in [1.807, 2.05) is 0 Å². The van der Waals surface area contributed by atoms with Gasteiger partial charge in [-0.25, -0.2) is 4.98 Å². The Kier molecular flexibility index (Phi) is 5.31. The molecule has 30 heavy (non-hydrogen) atoms. The molecule has 1 saturated carbocycles. The van der Waals surface area contributed by atoms with E-state index >= 15 is 0 Å². The fourth-order valence-electron chi connectivity index (χ4n) is 5.38. The van der Waals surface area contributed by atoms with Crippen molar-refractivity contribution in [3.8, 4) is 11.5 Å². The van der Waals surface area contributed by atoms with Crippen molar-refractivity contribution in [3.05, 3.63) is 29.1 Å². The molecule has 2 fully saturated rings. The van der Waals surface area contributed by atoms with E-state index in [0.29, 0.717) is 19.1 Å². The summed E-state index contributed by atoms with van der Waals surface area (Å²) < 4.78 is 17.5. The van der Waals surface area contributed by atoms with Crippen LogP contribution in [-0.2, 0) is 9.47 Å². The number of aromatic hydroxyl groups is 1. The Morgan fingerprint density at radius 3 is 2.67 bits per heavy atom. The van der Waals surface area contributed by atoms with Crippen LogP contribution in [0.3, 0.4) is 0 Å². The van der Waals surface area contributed by atoms with Gasteiger partial charge in [0.1, 0.15) is 0 Å². The Bertz CT molecular complexity index is 870. The van der Waals surface area contributed by atoms with Crippen LogP contribution in [0, 0.1) is 17.3 Å². The van der Waals surface area contributed by atoms with E-state index in [0.717, 1.165) is 6.42 Å². The molecule has 2 aliphatic carbocycles. The lowest BCUT2D eigenvalue weighted by atomic mass is 9.70. The SMILES string of the molecule is COc1ccnc(C(=O)NC2COC3(OC2)C(C)C3C2=C(C)CCCC2(C)C)c1O. The topological polar surface area (TPSA) is 89.9 Å². The molecule has 1 aliphatic heterocycles. The molecule has 164 valence electrons. The second-order valence-corrected chi connectivity index (χ2v) is 9.42. The minimum atomic E-state index is -0.581. The number of carbonyl (C=O) groups is 1. The van der Waals surface area contributed by atoms with Crippen molar-refractivity contribution in [2.45, 2.75) is 58.8 Å². The number of carbonyl (C=O) groups excluding carboxylic acids is 1. The highest BCUT2D eigenvalue weighted by atomic mass is 16.7. The molecular weight excluding hydrogens is 384 g/mol. The summed E-state index contributed by atoms with van der Waals surface area (Å²) in [4.78, 5) is 16.5. The van der Waals surface area contributed by atoms with E-state index in [1.165, 1.54) is 43.4 Å². The number of allylic oxidation sites excluding steroid dienone is 1. The van der Waals surface area contributed by atoms with E-state index in [2.05, 4.69) is 38.0 Å². The maximum atomic E-state index is 12.6. The molecule has 2 N–H and O–H groups in total. The molecule has 0 aromatic carbocycles. The second kappa shape index (κ2) is 7.54. The summed E-state index contributed by atoms with van der Waals surface area (Å²) >= 11 is 0. The molecule has 3 aliphatic rings. The predicted octanol–water partition coefficient (Wildman–Crippen LogP) is 3.43. The third-order valence-corrected chi connectivity index (χ3v) is 6.99. The van der Waals surface area contributed by atoms with Crippen molar-refractivity contribution >= 4 is 5.91 Å². The van der Waals surface area contributed by atoms with Gasteiger partial charge in [-0.1, -0.05) is 31.9 Å². The molecule has 1 aromatic heterocycles. The number of nitrogens with one attached hydrogen (secondary N) is 1. The third kappa shape index (κ3) is 3.38. The van der Waals surface area contributed by atoms with Crippen LogP contribution >= 0.6 is 0 Å². The minimum Gasteiger partial charge on any atom is -0.503 e. The summed E-state index contributed by atoms with van der Waals surface area (Å²) in [6.45, 7) is 9.81. The van der Waals surface area contributed by atoms with Gasteiger partial charge in [-0.2, -0.15) is 0 Å². The Morgan fingerprint density at radius 2 is 2.03 bits per heavy atom. The maximum absolute atomic E-state index is 12.6. The molecule has 2 heterocycles. The smallest absolute Gasteiger partial charge is 0.274 e. The summed E-state index contributed by atoms with van der Waals surface area (Å²) in [5.74, 6) is -0.563. The lowest BCUT2D eigenvalue weighted by Gasteiger charge is -2.37. The monoisotopic (exact) mass is 416 g/mol. The highest BCUT2D eigenvalue weighted by Crippen LogP contribution is 2.64. The number of hydrogen-bond donors (Lipinski definition) is 2. The second-order valence-electron chi connectivity index (χ2n) is 9.42. The summed E-state index contributed by atoms with van der Waals surface area (Å²) in [6, 6.07) is 1.19. The van der Waals surface area contributed by atoms with Crippen LogP contribution in [0.2, 0.25) is 0 Å². The molecular formula is C23H32N2O5. The van der Waals surface area contributed by atoms with Crippen LogP contribution < -0.4 is 10.1 Å². The first-order valence-corrected chi connectivity index (χ1v) is 10.7. The zero-order valence-corrected chi connectivity index (χ0v) is 18.4. The average Bonchev–Trinajstić information content (AvgIpc) is 3.25. The van der Waals surface area contributed by atoms with E-state index in [-0.39, 0.29) is 34.6 Å². The number of methoxy groups -OCH3 is 1. The van der Waals surface area contributed by atoms with Crippen LogP contribution in [0.1, 0.15) is 57.4 Å². The zero-order valence-electron chi connectivity index (χ0n) is 18.4. The molecule has 2 unspecified atom stereocenters. The fourth-order valence-corrected chi connectivity index (χ4v) is 5.38. The van der Waals surface area contributed by atoms with Gasteiger partial charge in [0.25, 0.3) is 5.91 Å². The highest BCUT2D eigenvalue weighted by Gasteiger charge is 2.69. The number of rotatable bonds is 4. The Morgan fingerprint density at radius 1 is 1.33 bits per heavy atom. The summed E-state index contributed by atoms with van der Waals surface area (Å²) in [7, 11) is 1.43.